The Morgan fingerprint density at radius 1 is 1.11 bits per heavy atom. The highest BCUT2D eigenvalue weighted by Gasteiger charge is 2.20. The molecule has 2 atom stereocenters. The number of carbonyl (C=O) groups is 2. The van der Waals surface area contributed by atoms with Gasteiger partial charge in [0.2, 0.25) is 5.91 Å². The number of carbonyl (C=O) groups excluding carboxylic acids is 2. The maximum Gasteiger partial charge on any atom is 0.253 e. The van der Waals surface area contributed by atoms with Crippen molar-refractivity contribution in [3.63, 3.8) is 0 Å². The van der Waals surface area contributed by atoms with Crippen LogP contribution < -0.4 is 15.4 Å². The summed E-state index contributed by atoms with van der Waals surface area (Å²) in [6.07, 6.45) is 0. The van der Waals surface area contributed by atoms with Crippen molar-refractivity contribution >= 4 is 23.4 Å². The van der Waals surface area contributed by atoms with Crippen LogP contribution in [0.3, 0.4) is 0 Å². The molecule has 0 aliphatic rings. The van der Waals surface area contributed by atoms with Crippen LogP contribution >= 0.6 is 11.6 Å². The van der Waals surface area contributed by atoms with Crippen LogP contribution in [0.25, 0.3) is 0 Å². The zero-order valence-electron chi connectivity index (χ0n) is 16.5. The van der Waals surface area contributed by atoms with Gasteiger partial charge in [0.25, 0.3) is 5.91 Å². The van der Waals surface area contributed by atoms with Crippen molar-refractivity contribution < 1.29 is 14.3 Å². The molecule has 0 bridgehead atoms. The number of amides is 2. The van der Waals surface area contributed by atoms with Crippen LogP contribution in [0.15, 0.2) is 48.5 Å². The predicted molar refractivity (Wildman–Crippen MR) is 111 cm³/mol. The number of nitrogens with one attached hydrogen (secondary N) is 2. The molecule has 6 nitrogen and oxygen atoms in total. The summed E-state index contributed by atoms with van der Waals surface area (Å²) in [5.74, 6) is 0.134. The van der Waals surface area contributed by atoms with Crippen molar-refractivity contribution in [2.45, 2.75) is 19.0 Å². The molecule has 7 heteroatoms. The Bertz CT molecular complexity index is 809. The lowest BCUT2D eigenvalue weighted by molar-refractivity contribution is -0.122. The van der Waals surface area contributed by atoms with E-state index in [1.165, 1.54) is 0 Å². The number of rotatable bonds is 8. The predicted octanol–water partition coefficient (Wildman–Crippen LogP) is 2.89. The third-order valence-electron chi connectivity index (χ3n) is 4.45. The molecule has 0 aromatic heterocycles. The van der Waals surface area contributed by atoms with Crippen LogP contribution in [0.4, 0.5) is 0 Å². The second-order valence-electron chi connectivity index (χ2n) is 6.67. The zero-order valence-corrected chi connectivity index (χ0v) is 17.3. The fourth-order valence-corrected chi connectivity index (χ4v) is 2.98. The fourth-order valence-electron chi connectivity index (χ4n) is 2.76. The van der Waals surface area contributed by atoms with Crippen molar-refractivity contribution in [1.29, 1.82) is 0 Å². The quantitative estimate of drug-likeness (QED) is 0.711. The molecular weight excluding hydrogens is 378 g/mol. The first-order valence-electron chi connectivity index (χ1n) is 8.97. The van der Waals surface area contributed by atoms with Gasteiger partial charge in [0.15, 0.2) is 0 Å². The first-order chi connectivity index (χ1) is 13.3. The summed E-state index contributed by atoms with van der Waals surface area (Å²) in [4.78, 5) is 26.8. The minimum absolute atomic E-state index is 0.0127. The van der Waals surface area contributed by atoms with E-state index in [0.29, 0.717) is 17.1 Å². The zero-order chi connectivity index (χ0) is 20.7. The second-order valence-corrected chi connectivity index (χ2v) is 7.08. The van der Waals surface area contributed by atoms with Crippen LogP contribution in [-0.2, 0) is 4.79 Å². The monoisotopic (exact) mass is 403 g/mol. The van der Waals surface area contributed by atoms with Gasteiger partial charge in [0, 0.05) is 6.54 Å². The summed E-state index contributed by atoms with van der Waals surface area (Å²) in [5.41, 5.74) is 1.40. The first-order valence-corrected chi connectivity index (χ1v) is 9.34. The van der Waals surface area contributed by atoms with Gasteiger partial charge in [-0.25, -0.2) is 0 Å². The summed E-state index contributed by atoms with van der Waals surface area (Å²) in [7, 11) is 5.52. The molecule has 2 rings (SSSR count). The van der Waals surface area contributed by atoms with E-state index in [1.54, 1.807) is 38.3 Å². The Kier molecular flexibility index (Phi) is 7.84. The number of likely N-dealkylation sites (N-methyl/N-ethyl adjacent to an activating group) is 1. The molecule has 0 fully saturated rings. The number of halogens is 1. The van der Waals surface area contributed by atoms with E-state index in [2.05, 4.69) is 10.6 Å². The van der Waals surface area contributed by atoms with Crippen molar-refractivity contribution in [2.24, 2.45) is 0 Å². The van der Waals surface area contributed by atoms with E-state index in [4.69, 9.17) is 16.3 Å². The molecule has 2 N–H and O–H groups in total. The Labute approximate surface area is 170 Å². The topological polar surface area (TPSA) is 70.7 Å². The molecule has 2 unspecified atom stereocenters. The van der Waals surface area contributed by atoms with E-state index in [9.17, 15) is 9.59 Å². The summed E-state index contributed by atoms with van der Waals surface area (Å²) >= 11 is 6.03. The van der Waals surface area contributed by atoms with Gasteiger partial charge in [-0.2, -0.15) is 0 Å². The van der Waals surface area contributed by atoms with Crippen LogP contribution in [0.2, 0.25) is 5.02 Å². The van der Waals surface area contributed by atoms with E-state index in [0.717, 1.165) is 11.3 Å². The van der Waals surface area contributed by atoms with Crippen molar-refractivity contribution in [3.05, 3.63) is 64.7 Å². The Morgan fingerprint density at radius 2 is 1.75 bits per heavy atom. The minimum atomic E-state index is -0.692. The Hall–Kier alpha value is -2.57. The van der Waals surface area contributed by atoms with Crippen LogP contribution in [0.5, 0.6) is 5.75 Å². The van der Waals surface area contributed by atoms with E-state index in [-0.39, 0.29) is 17.9 Å². The molecule has 0 spiro atoms. The molecule has 28 heavy (non-hydrogen) atoms. The van der Waals surface area contributed by atoms with Crippen molar-refractivity contribution in [3.8, 4) is 5.75 Å². The van der Waals surface area contributed by atoms with Gasteiger partial charge in [0.1, 0.15) is 11.8 Å². The lowest BCUT2D eigenvalue weighted by Crippen LogP contribution is -2.46. The average Bonchev–Trinajstić information content (AvgIpc) is 2.68. The number of nitrogens with zero attached hydrogens (tertiary/aromatic N) is 1. The van der Waals surface area contributed by atoms with Gasteiger partial charge in [-0.15, -0.1) is 0 Å². The number of hydrogen-bond donors (Lipinski definition) is 2. The summed E-state index contributed by atoms with van der Waals surface area (Å²) in [6, 6.07) is 13.7. The SMILES string of the molecule is COc1ccc(C(CNC(=O)C(C)NC(=O)c2ccccc2Cl)N(C)C)cc1. The fraction of sp³-hybridized carbons (Fsp3) is 0.333. The number of methoxy groups -OCH3 is 1. The standard InChI is InChI=1S/C21H26ClN3O3/c1-14(24-21(27)17-7-5-6-8-18(17)22)20(26)23-13-19(25(2)3)15-9-11-16(28-4)12-10-15/h5-12,14,19H,13H2,1-4H3,(H,23,26)(H,24,27). The molecular formula is C21H26ClN3O3. The van der Waals surface area contributed by atoms with E-state index >= 15 is 0 Å². The molecule has 0 aliphatic carbocycles. The molecule has 0 radical (unpaired) electrons. The lowest BCUT2D eigenvalue weighted by atomic mass is 10.1. The second kappa shape index (κ2) is 10.1. The van der Waals surface area contributed by atoms with Crippen LogP contribution in [0.1, 0.15) is 28.9 Å². The maximum absolute atomic E-state index is 12.5. The molecule has 0 saturated heterocycles. The molecule has 2 amide bonds. The van der Waals surface area contributed by atoms with E-state index < -0.39 is 6.04 Å². The number of ether oxygens (including phenoxy) is 1. The van der Waals surface area contributed by atoms with Gasteiger partial charge in [0.05, 0.1) is 23.7 Å². The third kappa shape index (κ3) is 5.71. The molecule has 0 saturated carbocycles. The third-order valence-corrected chi connectivity index (χ3v) is 4.78. The maximum atomic E-state index is 12.5. The lowest BCUT2D eigenvalue weighted by Gasteiger charge is -2.26. The highest BCUT2D eigenvalue weighted by Crippen LogP contribution is 2.20. The molecule has 2 aromatic rings. The number of benzene rings is 2. The number of hydrogen-bond acceptors (Lipinski definition) is 4. The van der Waals surface area contributed by atoms with Crippen molar-refractivity contribution in [1.82, 2.24) is 15.5 Å². The summed E-state index contributed by atoms with van der Waals surface area (Å²) in [5, 5.41) is 5.93. The van der Waals surface area contributed by atoms with Gasteiger partial charge < -0.3 is 20.3 Å². The molecule has 0 heterocycles. The largest absolute Gasteiger partial charge is 0.497 e. The normalized spacial score (nSPS) is 12.9. The summed E-state index contributed by atoms with van der Waals surface area (Å²) < 4.78 is 5.19. The Morgan fingerprint density at radius 3 is 2.32 bits per heavy atom. The van der Waals surface area contributed by atoms with Crippen molar-refractivity contribution in [2.75, 3.05) is 27.7 Å². The minimum Gasteiger partial charge on any atom is -0.497 e. The first kappa shape index (κ1) is 21.7. The molecule has 150 valence electrons. The van der Waals surface area contributed by atoms with Gasteiger partial charge in [-0.3, -0.25) is 9.59 Å². The van der Waals surface area contributed by atoms with Gasteiger partial charge in [-0.1, -0.05) is 35.9 Å². The highest BCUT2D eigenvalue weighted by molar-refractivity contribution is 6.33. The smallest absolute Gasteiger partial charge is 0.253 e. The molecule has 0 aliphatic heterocycles. The van der Waals surface area contributed by atoms with Crippen LogP contribution in [-0.4, -0.2) is 50.5 Å². The summed E-state index contributed by atoms with van der Waals surface area (Å²) in [6.45, 7) is 2.05. The highest BCUT2D eigenvalue weighted by atomic mass is 35.5. The van der Waals surface area contributed by atoms with E-state index in [1.807, 2.05) is 43.3 Å². The Balaban J connectivity index is 1.96. The van der Waals surface area contributed by atoms with Gasteiger partial charge >= 0.3 is 0 Å². The van der Waals surface area contributed by atoms with Crippen LogP contribution in [0, 0.1) is 0 Å². The molecule has 2 aromatic carbocycles. The van der Waals surface area contributed by atoms with Gasteiger partial charge in [-0.05, 0) is 50.8 Å². The average molecular weight is 404 g/mol.